The van der Waals surface area contributed by atoms with E-state index >= 15 is 0 Å². The Balaban J connectivity index is 1.31. The normalized spacial score (nSPS) is 22.2. The van der Waals surface area contributed by atoms with Crippen LogP contribution in [0.3, 0.4) is 0 Å². The fourth-order valence-electron chi connectivity index (χ4n) is 6.62. The van der Waals surface area contributed by atoms with Crippen LogP contribution >= 0.6 is 0 Å². The first kappa shape index (κ1) is 30.9. The number of aromatic nitrogens is 2. The summed E-state index contributed by atoms with van der Waals surface area (Å²) < 4.78 is 38.2. The molecule has 2 fully saturated rings. The number of ketones is 2. The zero-order chi connectivity index (χ0) is 31.0. The van der Waals surface area contributed by atoms with Gasteiger partial charge in [0.1, 0.15) is 23.1 Å². The number of rotatable bonds is 11. The molecule has 0 bridgehead atoms. The lowest BCUT2D eigenvalue weighted by Gasteiger charge is -2.55. The van der Waals surface area contributed by atoms with Crippen LogP contribution in [0.15, 0.2) is 47.1 Å². The van der Waals surface area contributed by atoms with E-state index in [4.69, 9.17) is 9.26 Å². The third kappa shape index (κ3) is 7.02. The Morgan fingerprint density at radius 3 is 2.51 bits per heavy atom. The SMILES string of the molecule is COc1cc(C(C)(C)CC(=O)CC2(CC(=O)c3cc(-c4ccc(F)cc4F)on3)CN(C3CCC(C)(O)CC3)C2)ccn1. The van der Waals surface area contributed by atoms with E-state index in [1.807, 2.05) is 32.9 Å². The van der Waals surface area contributed by atoms with Gasteiger partial charge in [-0.3, -0.25) is 14.5 Å². The van der Waals surface area contributed by atoms with Crippen molar-refractivity contribution >= 4 is 11.6 Å². The molecule has 0 amide bonds. The zero-order valence-electron chi connectivity index (χ0n) is 25.2. The maximum absolute atomic E-state index is 14.3. The minimum atomic E-state index is -0.812. The van der Waals surface area contributed by atoms with Gasteiger partial charge in [-0.2, -0.15) is 0 Å². The first-order valence-electron chi connectivity index (χ1n) is 14.7. The van der Waals surface area contributed by atoms with E-state index in [1.54, 1.807) is 13.3 Å². The number of carbonyl (C=O) groups is 2. The molecule has 1 saturated carbocycles. The standard InChI is InChI=1S/C33H39F2N3O5/c1-31(2,21-9-12-36-30(13-21)42-4)16-24(39)17-33(19-38(20-33)23-7-10-32(3,41)11-8-23)18-28(40)27-15-29(43-37-27)25-6-5-22(34)14-26(25)35/h5-6,9,12-15,23,41H,7-8,10-11,16-20H2,1-4H3. The number of hydrogen-bond donors (Lipinski definition) is 1. The van der Waals surface area contributed by atoms with Crippen LogP contribution in [-0.4, -0.2) is 63.6 Å². The zero-order valence-corrected chi connectivity index (χ0v) is 25.2. The quantitative estimate of drug-likeness (QED) is 0.273. The first-order valence-corrected chi connectivity index (χ1v) is 14.7. The van der Waals surface area contributed by atoms with Crippen molar-refractivity contribution in [2.24, 2.45) is 5.41 Å². The molecule has 230 valence electrons. The van der Waals surface area contributed by atoms with Crippen LogP contribution in [-0.2, 0) is 10.2 Å². The van der Waals surface area contributed by atoms with E-state index in [0.29, 0.717) is 37.9 Å². The van der Waals surface area contributed by atoms with Crippen molar-refractivity contribution in [3.05, 3.63) is 65.5 Å². The molecule has 1 N–H and O–H groups in total. The largest absolute Gasteiger partial charge is 0.481 e. The Labute approximate surface area is 250 Å². The van der Waals surface area contributed by atoms with Crippen molar-refractivity contribution in [3.63, 3.8) is 0 Å². The van der Waals surface area contributed by atoms with E-state index in [9.17, 15) is 23.5 Å². The molecule has 0 atom stereocenters. The van der Waals surface area contributed by atoms with Crippen molar-refractivity contribution in [1.82, 2.24) is 15.0 Å². The number of aliphatic hydroxyl groups is 1. The Kier molecular flexibility index (Phi) is 8.55. The molecule has 3 aromatic rings. The lowest BCUT2D eigenvalue weighted by molar-refractivity contribution is -0.128. The van der Waals surface area contributed by atoms with Crippen molar-refractivity contribution in [3.8, 4) is 17.2 Å². The van der Waals surface area contributed by atoms with E-state index in [2.05, 4.69) is 15.0 Å². The summed E-state index contributed by atoms with van der Waals surface area (Å²) in [6, 6.07) is 8.47. The van der Waals surface area contributed by atoms with Crippen LogP contribution in [0.25, 0.3) is 11.3 Å². The maximum atomic E-state index is 14.3. The molecule has 1 aromatic carbocycles. The molecule has 0 radical (unpaired) electrons. The maximum Gasteiger partial charge on any atom is 0.213 e. The van der Waals surface area contributed by atoms with Crippen molar-refractivity contribution < 1.29 is 32.7 Å². The van der Waals surface area contributed by atoms with Gasteiger partial charge in [-0.05, 0) is 61.8 Å². The molecule has 5 rings (SSSR count). The van der Waals surface area contributed by atoms with Gasteiger partial charge in [0.15, 0.2) is 11.5 Å². The number of nitrogens with zero attached hydrogens (tertiary/aromatic N) is 3. The topological polar surface area (TPSA) is 106 Å². The average molecular weight is 596 g/mol. The van der Waals surface area contributed by atoms with Crippen molar-refractivity contribution in [2.45, 2.75) is 82.8 Å². The summed E-state index contributed by atoms with van der Waals surface area (Å²) in [5.41, 5.74) is -0.721. The lowest BCUT2D eigenvalue weighted by atomic mass is 9.68. The van der Waals surface area contributed by atoms with Crippen LogP contribution < -0.4 is 4.74 Å². The van der Waals surface area contributed by atoms with Gasteiger partial charge in [0.2, 0.25) is 5.88 Å². The van der Waals surface area contributed by atoms with E-state index in [-0.39, 0.29) is 47.8 Å². The predicted octanol–water partition coefficient (Wildman–Crippen LogP) is 5.92. The second-order valence-corrected chi connectivity index (χ2v) is 13.3. The first-order chi connectivity index (χ1) is 20.3. The van der Waals surface area contributed by atoms with Crippen LogP contribution in [0.4, 0.5) is 8.78 Å². The molecule has 2 aromatic heterocycles. The highest BCUT2D eigenvalue weighted by Gasteiger charge is 2.49. The van der Waals surface area contributed by atoms with Crippen LogP contribution in [0, 0.1) is 17.0 Å². The smallest absolute Gasteiger partial charge is 0.213 e. The summed E-state index contributed by atoms with van der Waals surface area (Å²) in [4.78, 5) is 33.6. The minimum absolute atomic E-state index is 0.0100. The van der Waals surface area contributed by atoms with E-state index in [1.165, 1.54) is 12.1 Å². The van der Waals surface area contributed by atoms with Crippen molar-refractivity contribution in [1.29, 1.82) is 0 Å². The fourth-order valence-corrected chi connectivity index (χ4v) is 6.62. The second kappa shape index (κ2) is 11.9. The summed E-state index contributed by atoms with van der Waals surface area (Å²) in [6.07, 6.45) is 5.39. The molecule has 3 heterocycles. The Morgan fingerprint density at radius 2 is 1.84 bits per heavy atom. The van der Waals surface area contributed by atoms with Crippen LogP contribution in [0.1, 0.15) is 81.8 Å². The average Bonchev–Trinajstić information content (AvgIpc) is 3.41. The Bertz CT molecular complexity index is 1490. The molecular weight excluding hydrogens is 556 g/mol. The Morgan fingerprint density at radius 1 is 1.12 bits per heavy atom. The number of carbonyl (C=O) groups excluding carboxylic acids is 2. The number of methoxy groups -OCH3 is 1. The van der Waals surface area contributed by atoms with Gasteiger partial charge in [0, 0.05) is 68.2 Å². The molecule has 0 unspecified atom stereocenters. The number of Topliss-reactive ketones (excluding diaryl/α,β-unsaturated/α-hetero) is 2. The highest BCUT2D eigenvalue weighted by atomic mass is 19.1. The minimum Gasteiger partial charge on any atom is -0.481 e. The summed E-state index contributed by atoms with van der Waals surface area (Å²) in [7, 11) is 1.55. The second-order valence-electron chi connectivity index (χ2n) is 13.3. The third-order valence-corrected chi connectivity index (χ3v) is 9.09. The van der Waals surface area contributed by atoms with Crippen molar-refractivity contribution in [2.75, 3.05) is 20.2 Å². The molecule has 0 spiro atoms. The highest BCUT2D eigenvalue weighted by Crippen LogP contribution is 2.44. The summed E-state index contributed by atoms with van der Waals surface area (Å²) >= 11 is 0. The fraction of sp³-hybridized carbons (Fsp3) is 0.515. The molecular formula is C33H39F2N3O5. The van der Waals surface area contributed by atoms with Gasteiger partial charge < -0.3 is 14.4 Å². The molecule has 8 nitrogen and oxygen atoms in total. The van der Waals surface area contributed by atoms with Gasteiger partial charge in [-0.1, -0.05) is 19.0 Å². The van der Waals surface area contributed by atoms with E-state index < -0.39 is 28.1 Å². The summed E-state index contributed by atoms with van der Waals surface area (Å²) in [6.45, 7) is 7.04. The van der Waals surface area contributed by atoms with Gasteiger partial charge in [0.05, 0.1) is 18.3 Å². The summed E-state index contributed by atoms with van der Waals surface area (Å²) in [5.74, 6) is -1.26. The third-order valence-electron chi connectivity index (χ3n) is 9.09. The van der Waals surface area contributed by atoms with Gasteiger partial charge in [-0.15, -0.1) is 0 Å². The molecule has 43 heavy (non-hydrogen) atoms. The predicted molar refractivity (Wildman–Crippen MR) is 156 cm³/mol. The molecule has 2 aliphatic rings. The number of benzene rings is 1. The van der Waals surface area contributed by atoms with Gasteiger partial charge in [0.25, 0.3) is 0 Å². The number of hydrogen-bond acceptors (Lipinski definition) is 8. The summed E-state index contributed by atoms with van der Waals surface area (Å²) in [5, 5.41) is 14.3. The molecule has 1 aliphatic heterocycles. The number of likely N-dealkylation sites (tertiary alicyclic amines) is 1. The Hall–Kier alpha value is -3.50. The number of ether oxygens (including phenoxy) is 1. The molecule has 1 aliphatic carbocycles. The molecule has 10 heteroatoms. The van der Waals surface area contributed by atoms with Gasteiger partial charge >= 0.3 is 0 Å². The van der Waals surface area contributed by atoms with Gasteiger partial charge in [-0.25, -0.2) is 13.8 Å². The number of halogens is 2. The van der Waals surface area contributed by atoms with Crippen LogP contribution in [0.2, 0.25) is 0 Å². The van der Waals surface area contributed by atoms with E-state index in [0.717, 1.165) is 30.5 Å². The molecule has 1 saturated heterocycles. The van der Waals surface area contributed by atoms with Crippen LogP contribution in [0.5, 0.6) is 5.88 Å². The monoisotopic (exact) mass is 595 g/mol. The number of pyridine rings is 1. The lowest BCUT2D eigenvalue weighted by Crippen LogP contribution is -2.62. The highest BCUT2D eigenvalue weighted by molar-refractivity contribution is 5.96.